The van der Waals surface area contributed by atoms with E-state index in [4.69, 9.17) is 9.47 Å². The van der Waals surface area contributed by atoms with Gasteiger partial charge in [0.1, 0.15) is 11.5 Å². The molecule has 1 saturated carbocycles. The van der Waals surface area contributed by atoms with Gasteiger partial charge in [0, 0.05) is 24.6 Å². The van der Waals surface area contributed by atoms with Crippen molar-refractivity contribution in [3.8, 4) is 11.5 Å². The maximum Gasteiger partial charge on any atom is 0.224 e. The number of methoxy groups -OCH3 is 2. The summed E-state index contributed by atoms with van der Waals surface area (Å²) >= 11 is 0. The fraction of sp³-hybridized carbons (Fsp3) is 0.435. The molecule has 1 aliphatic rings. The van der Waals surface area contributed by atoms with Gasteiger partial charge in [-0.15, -0.1) is 0 Å². The molecule has 3 unspecified atom stereocenters. The third-order valence-corrected chi connectivity index (χ3v) is 5.67. The van der Waals surface area contributed by atoms with Crippen molar-refractivity contribution >= 4 is 11.6 Å². The van der Waals surface area contributed by atoms with E-state index in [0.29, 0.717) is 0 Å². The van der Waals surface area contributed by atoms with Crippen LogP contribution in [0.2, 0.25) is 0 Å². The average Bonchev–Trinajstić information content (AvgIpc) is 2.74. The molecule has 3 rings (SSSR count). The summed E-state index contributed by atoms with van der Waals surface area (Å²) in [6.45, 7) is 1.59. The zero-order valence-electron chi connectivity index (χ0n) is 16.8. The second kappa shape index (κ2) is 9.11. The highest BCUT2D eigenvalue weighted by Gasteiger charge is 2.37. The Bertz CT molecular complexity index is 772. The van der Waals surface area contributed by atoms with E-state index >= 15 is 0 Å². The Hall–Kier alpha value is -2.53. The predicted molar refractivity (Wildman–Crippen MR) is 110 cm³/mol. The second-order valence-corrected chi connectivity index (χ2v) is 7.32. The van der Waals surface area contributed by atoms with Crippen LogP contribution in [0.15, 0.2) is 48.5 Å². The first-order valence-electron chi connectivity index (χ1n) is 9.81. The zero-order valence-corrected chi connectivity index (χ0v) is 16.8. The molecule has 0 radical (unpaired) electrons. The molecule has 0 heterocycles. The minimum Gasteiger partial charge on any atom is -0.497 e. The summed E-state index contributed by atoms with van der Waals surface area (Å²) in [7, 11) is 3.25. The molecule has 1 aliphatic carbocycles. The van der Waals surface area contributed by atoms with E-state index in [9.17, 15) is 9.90 Å². The lowest BCUT2D eigenvalue weighted by molar-refractivity contribution is -0.117. The lowest BCUT2D eigenvalue weighted by atomic mass is 9.78. The maximum absolute atomic E-state index is 12.6. The first-order valence-corrected chi connectivity index (χ1v) is 9.81. The highest BCUT2D eigenvalue weighted by atomic mass is 16.5. The number of carbonyl (C=O) groups is 1. The molecule has 2 aromatic carbocycles. The fourth-order valence-corrected chi connectivity index (χ4v) is 4.23. The normalized spacial score (nSPS) is 20.3. The van der Waals surface area contributed by atoms with Crippen molar-refractivity contribution in [3.63, 3.8) is 0 Å². The number of aliphatic hydroxyl groups excluding tert-OH is 1. The summed E-state index contributed by atoms with van der Waals surface area (Å²) in [6.07, 6.45) is 3.25. The van der Waals surface area contributed by atoms with Crippen molar-refractivity contribution in [1.82, 2.24) is 0 Å². The van der Waals surface area contributed by atoms with Gasteiger partial charge in [-0.3, -0.25) is 4.79 Å². The molecular weight excluding hydrogens is 354 g/mol. The molecule has 0 bridgehead atoms. The van der Waals surface area contributed by atoms with Crippen LogP contribution in [0.1, 0.15) is 44.3 Å². The summed E-state index contributed by atoms with van der Waals surface area (Å²) in [6, 6.07) is 15.0. The summed E-state index contributed by atoms with van der Waals surface area (Å²) in [4.78, 5) is 14.4. The van der Waals surface area contributed by atoms with Crippen LogP contribution >= 0.6 is 0 Å². The Morgan fingerprint density at radius 3 is 2.04 bits per heavy atom. The molecule has 3 atom stereocenters. The van der Waals surface area contributed by atoms with E-state index in [-0.39, 0.29) is 17.9 Å². The number of benzene rings is 2. The number of carbonyl (C=O) groups excluding carboxylic acids is 1. The molecule has 1 amide bonds. The quantitative estimate of drug-likeness (QED) is 0.806. The van der Waals surface area contributed by atoms with E-state index in [1.807, 2.05) is 53.4 Å². The Morgan fingerprint density at radius 1 is 0.964 bits per heavy atom. The van der Waals surface area contributed by atoms with Gasteiger partial charge in [-0.1, -0.05) is 25.0 Å². The molecule has 0 saturated heterocycles. The number of anilines is 1. The number of aliphatic hydroxyl groups is 1. The lowest BCUT2D eigenvalue weighted by Gasteiger charge is -2.41. The molecule has 5 nitrogen and oxygen atoms in total. The van der Waals surface area contributed by atoms with Crippen LogP contribution in [0.25, 0.3) is 0 Å². The van der Waals surface area contributed by atoms with Gasteiger partial charge in [-0.05, 0) is 54.8 Å². The summed E-state index contributed by atoms with van der Waals surface area (Å²) in [5.41, 5.74) is 1.70. The molecule has 2 aromatic rings. The van der Waals surface area contributed by atoms with Crippen LogP contribution in [-0.2, 0) is 4.79 Å². The van der Waals surface area contributed by atoms with E-state index in [0.717, 1.165) is 48.4 Å². The number of ether oxygens (including phenoxy) is 2. The topological polar surface area (TPSA) is 59.0 Å². The first kappa shape index (κ1) is 20.2. The molecule has 150 valence electrons. The van der Waals surface area contributed by atoms with Crippen molar-refractivity contribution in [2.45, 2.75) is 44.8 Å². The second-order valence-electron chi connectivity index (χ2n) is 7.32. The highest BCUT2D eigenvalue weighted by Crippen LogP contribution is 2.39. The van der Waals surface area contributed by atoms with Gasteiger partial charge in [0.2, 0.25) is 5.91 Å². The van der Waals surface area contributed by atoms with Crippen molar-refractivity contribution in [3.05, 3.63) is 54.1 Å². The van der Waals surface area contributed by atoms with Crippen LogP contribution in [0.4, 0.5) is 5.69 Å². The van der Waals surface area contributed by atoms with Crippen molar-refractivity contribution in [2.75, 3.05) is 19.1 Å². The van der Waals surface area contributed by atoms with E-state index in [1.54, 1.807) is 21.1 Å². The third-order valence-electron chi connectivity index (χ3n) is 5.67. The van der Waals surface area contributed by atoms with Crippen LogP contribution < -0.4 is 14.4 Å². The number of amides is 1. The smallest absolute Gasteiger partial charge is 0.224 e. The Balaban J connectivity index is 1.89. The first-order chi connectivity index (χ1) is 13.5. The van der Waals surface area contributed by atoms with Gasteiger partial charge >= 0.3 is 0 Å². The van der Waals surface area contributed by atoms with E-state index < -0.39 is 6.10 Å². The Kier molecular flexibility index (Phi) is 6.57. The number of hydrogen-bond donors (Lipinski definition) is 1. The highest BCUT2D eigenvalue weighted by molar-refractivity contribution is 5.92. The van der Waals surface area contributed by atoms with Crippen LogP contribution in [0, 0.1) is 5.92 Å². The van der Waals surface area contributed by atoms with Crippen molar-refractivity contribution in [2.24, 2.45) is 5.92 Å². The van der Waals surface area contributed by atoms with Gasteiger partial charge in [0.15, 0.2) is 0 Å². The summed E-state index contributed by atoms with van der Waals surface area (Å²) in [5, 5.41) is 11.1. The minimum absolute atomic E-state index is 0.0102. The molecular formula is C23H29NO4. The molecule has 1 fully saturated rings. The van der Waals surface area contributed by atoms with Crippen LogP contribution in [0.5, 0.6) is 11.5 Å². The maximum atomic E-state index is 12.6. The van der Waals surface area contributed by atoms with Gasteiger partial charge in [-0.25, -0.2) is 0 Å². The average molecular weight is 383 g/mol. The van der Waals surface area contributed by atoms with Crippen molar-refractivity contribution < 1.29 is 19.4 Å². The Labute approximate surface area is 166 Å². The number of rotatable bonds is 6. The number of hydrogen-bond acceptors (Lipinski definition) is 4. The fourth-order valence-electron chi connectivity index (χ4n) is 4.23. The minimum atomic E-state index is -0.628. The largest absolute Gasteiger partial charge is 0.497 e. The van der Waals surface area contributed by atoms with Gasteiger partial charge in [0.25, 0.3) is 0 Å². The SMILES string of the molecule is COc1ccc(C(O)C2CCCCC2N(C(C)=O)c2ccc(OC)cc2)cc1. The molecule has 28 heavy (non-hydrogen) atoms. The molecule has 1 N–H and O–H groups in total. The number of nitrogens with zero attached hydrogens (tertiary/aromatic N) is 1. The van der Waals surface area contributed by atoms with E-state index in [1.165, 1.54) is 0 Å². The predicted octanol–water partition coefficient (Wildman–Crippen LogP) is 4.35. The molecule has 0 aliphatic heterocycles. The summed E-state index contributed by atoms with van der Waals surface area (Å²) < 4.78 is 10.5. The molecule has 5 heteroatoms. The van der Waals surface area contributed by atoms with E-state index in [2.05, 4.69) is 0 Å². The molecule has 0 aromatic heterocycles. The van der Waals surface area contributed by atoms with Crippen LogP contribution in [-0.4, -0.2) is 31.3 Å². The van der Waals surface area contributed by atoms with Gasteiger partial charge in [-0.2, -0.15) is 0 Å². The lowest BCUT2D eigenvalue weighted by Crippen LogP contribution is -2.47. The Morgan fingerprint density at radius 2 is 1.50 bits per heavy atom. The monoisotopic (exact) mass is 383 g/mol. The van der Waals surface area contributed by atoms with Gasteiger partial charge < -0.3 is 19.5 Å². The molecule has 0 spiro atoms. The van der Waals surface area contributed by atoms with Crippen molar-refractivity contribution in [1.29, 1.82) is 0 Å². The standard InChI is InChI=1S/C23H29NO4/c1-16(25)24(18-10-14-20(28-3)15-11-18)22-7-5-4-6-21(22)23(26)17-8-12-19(27-2)13-9-17/h8-15,21-23,26H,4-7H2,1-3H3. The third kappa shape index (κ3) is 4.30. The summed E-state index contributed by atoms with van der Waals surface area (Å²) in [5.74, 6) is 1.49. The van der Waals surface area contributed by atoms with Crippen LogP contribution in [0.3, 0.4) is 0 Å². The van der Waals surface area contributed by atoms with Gasteiger partial charge in [0.05, 0.1) is 20.3 Å². The zero-order chi connectivity index (χ0) is 20.1.